The minimum absolute atomic E-state index is 0.0285. The zero-order valence-electron chi connectivity index (χ0n) is 7.92. The first-order valence-corrected chi connectivity index (χ1v) is 6.50. The molecule has 1 aliphatic heterocycles. The van der Waals surface area contributed by atoms with Crippen molar-refractivity contribution in [2.75, 3.05) is 5.08 Å². The van der Waals surface area contributed by atoms with E-state index in [-0.39, 0.29) is 5.44 Å². The van der Waals surface area contributed by atoms with Gasteiger partial charge in [-0.1, -0.05) is 24.3 Å². The molecule has 15 heavy (non-hydrogen) atoms. The second-order valence-electron chi connectivity index (χ2n) is 2.90. The van der Waals surface area contributed by atoms with Gasteiger partial charge in [-0.05, 0) is 23.9 Å². The Morgan fingerprint density at radius 3 is 3.13 bits per heavy atom. The molecule has 0 fully saturated rings. The fourth-order valence-electron chi connectivity index (χ4n) is 1.29. The summed E-state index contributed by atoms with van der Waals surface area (Å²) in [5.41, 5.74) is 1.14. The molecule has 0 aliphatic carbocycles. The summed E-state index contributed by atoms with van der Waals surface area (Å²) in [4.78, 5) is 0. The lowest BCUT2D eigenvalue weighted by Gasteiger charge is -2.20. The number of thioether (sulfide) groups is 2. The lowest BCUT2D eigenvalue weighted by atomic mass is 10.1. The van der Waals surface area contributed by atoms with Gasteiger partial charge in [-0.25, -0.2) is 0 Å². The van der Waals surface area contributed by atoms with Crippen LogP contribution in [0, 0.1) is 10.7 Å². The smallest absolute Gasteiger partial charge is 0.164 e. The van der Waals surface area contributed by atoms with Gasteiger partial charge in [-0.3, -0.25) is 0 Å². The van der Waals surface area contributed by atoms with E-state index in [1.807, 2.05) is 35.7 Å². The molecule has 76 valence electrons. The number of ether oxygens (including phenoxy) is 1. The molecule has 1 aromatic carbocycles. The van der Waals surface area contributed by atoms with Crippen LogP contribution < -0.4 is 4.74 Å². The van der Waals surface area contributed by atoms with Crippen LogP contribution in [0.2, 0.25) is 0 Å². The van der Waals surface area contributed by atoms with Gasteiger partial charge in [-0.15, -0.1) is 11.8 Å². The fraction of sp³-hybridized carbons (Fsp3) is 0.182. The fourth-order valence-corrected chi connectivity index (χ4v) is 2.67. The molecule has 1 atom stereocenters. The van der Waals surface area contributed by atoms with Crippen LogP contribution in [-0.4, -0.2) is 10.5 Å². The highest BCUT2D eigenvalue weighted by molar-refractivity contribution is 8.18. The van der Waals surface area contributed by atoms with Gasteiger partial charge in [0, 0.05) is 5.56 Å². The molecule has 2 nitrogen and oxygen atoms in total. The van der Waals surface area contributed by atoms with Crippen LogP contribution in [0.25, 0.3) is 6.08 Å². The molecule has 0 N–H and O–H groups in total. The van der Waals surface area contributed by atoms with Crippen LogP contribution in [0.1, 0.15) is 5.56 Å². The van der Waals surface area contributed by atoms with Crippen LogP contribution in [-0.2, 0) is 0 Å². The summed E-state index contributed by atoms with van der Waals surface area (Å²) < 4.78 is 5.73. The maximum absolute atomic E-state index is 8.39. The van der Waals surface area contributed by atoms with Gasteiger partial charge < -0.3 is 4.74 Å². The Kier molecular flexibility index (Phi) is 3.59. The van der Waals surface area contributed by atoms with Gasteiger partial charge in [0.05, 0.1) is 5.08 Å². The number of benzene rings is 1. The zero-order chi connectivity index (χ0) is 10.5. The minimum Gasteiger partial charge on any atom is -0.475 e. The third-order valence-electron chi connectivity index (χ3n) is 1.95. The summed E-state index contributed by atoms with van der Waals surface area (Å²) in [6, 6.07) is 7.94. The summed E-state index contributed by atoms with van der Waals surface area (Å²) in [5, 5.41) is 11.2. The lowest BCUT2D eigenvalue weighted by molar-refractivity contribution is 0.328. The molecular weight excluding hydrogens is 226 g/mol. The van der Waals surface area contributed by atoms with Crippen molar-refractivity contribution < 1.29 is 4.74 Å². The van der Waals surface area contributed by atoms with E-state index in [1.54, 1.807) is 11.8 Å². The van der Waals surface area contributed by atoms with Crippen molar-refractivity contribution in [1.82, 2.24) is 0 Å². The Morgan fingerprint density at radius 2 is 2.27 bits per heavy atom. The predicted molar refractivity (Wildman–Crippen MR) is 65.6 cm³/mol. The van der Waals surface area contributed by atoms with Crippen molar-refractivity contribution in [1.29, 1.82) is 5.26 Å². The SMILES string of the molecule is N#CSCSC1C=Cc2ccccc2O1. The van der Waals surface area contributed by atoms with Crippen LogP contribution in [0.5, 0.6) is 5.75 Å². The van der Waals surface area contributed by atoms with Crippen molar-refractivity contribution in [2.45, 2.75) is 5.44 Å². The molecule has 0 spiro atoms. The van der Waals surface area contributed by atoms with E-state index in [0.29, 0.717) is 0 Å². The summed E-state index contributed by atoms with van der Waals surface area (Å²) in [6.07, 6.45) is 4.08. The average molecular weight is 235 g/mol. The number of nitriles is 1. The first-order valence-electron chi connectivity index (χ1n) is 4.46. The molecule has 0 radical (unpaired) electrons. The first kappa shape index (κ1) is 10.5. The van der Waals surface area contributed by atoms with Crippen molar-refractivity contribution in [2.24, 2.45) is 0 Å². The molecule has 2 rings (SSSR count). The van der Waals surface area contributed by atoms with Gasteiger partial charge in [0.2, 0.25) is 0 Å². The van der Waals surface area contributed by atoms with Gasteiger partial charge in [-0.2, -0.15) is 5.26 Å². The van der Waals surface area contributed by atoms with Crippen molar-refractivity contribution in [3.05, 3.63) is 35.9 Å². The molecule has 0 bridgehead atoms. The number of thiocyanates is 1. The van der Waals surface area contributed by atoms with Crippen LogP contribution in [0.15, 0.2) is 30.3 Å². The quantitative estimate of drug-likeness (QED) is 0.457. The van der Waals surface area contributed by atoms with Crippen molar-refractivity contribution >= 4 is 29.6 Å². The highest BCUT2D eigenvalue weighted by Gasteiger charge is 2.13. The standard InChI is InChI=1S/C11H9NOS2/c12-7-14-8-15-11-6-5-9-3-1-2-4-10(9)13-11/h1-6,11H,8H2. The molecule has 1 heterocycles. The summed E-state index contributed by atoms with van der Waals surface area (Å²) >= 11 is 2.85. The third kappa shape index (κ3) is 2.71. The first-order chi connectivity index (χ1) is 7.40. The maximum atomic E-state index is 8.39. The van der Waals surface area contributed by atoms with Crippen molar-refractivity contribution in [3.8, 4) is 11.2 Å². The lowest BCUT2D eigenvalue weighted by Crippen LogP contribution is -2.12. The van der Waals surface area contributed by atoms with E-state index in [9.17, 15) is 0 Å². The number of hydrogen-bond acceptors (Lipinski definition) is 4. The van der Waals surface area contributed by atoms with Gasteiger partial charge in [0.15, 0.2) is 5.44 Å². The van der Waals surface area contributed by atoms with E-state index >= 15 is 0 Å². The molecule has 0 aromatic heterocycles. The second-order valence-corrected chi connectivity index (χ2v) is 5.12. The van der Waals surface area contributed by atoms with Gasteiger partial charge >= 0.3 is 0 Å². The van der Waals surface area contributed by atoms with Crippen LogP contribution in [0.4, 0.5) is 0 Å². The highest BCUT2D eigenvalue weighted by Crippen LogP contribution is 2.30. The Balaban J connectivity index is 1.98. The number of nitrogens with zero attached hydrogens (tertiary/aromatic N) is 1. The molecule has 1 aliphatic rings. The summed E-state index contributed by atoms with van der Waals surface area (Å²) in [6.45, 7) is 0. The summed E-state index contributed by atoms with van der Waals surface area (Å²) in [7, 11) is 0. The summed E-state index contributed by atoms with van der Waals surface area (Å²) in [5.74, 6) is 0.916. The number of rotatable bonds is 3. The topological polar surface area (TPSA) is 33.0 Å². The maximum Gasteiger partial charge on any atom is 0.164 e. The monoisotopic (exact) mass is 235 g/mol. The normalized spacial score (nSPS) is 17.7. The Morgan fingerprint density at radius 1 is 1.40 bits per heavy atom. The van der Waals surface area contributed by atoms with Crippen LogP contribution in [0.3, 0.4) is 0 Å². The molecule has 1 unspecified atom stereocenters. The number of para-hydroxylation sites is 1. The Hall–Kier alpha value is -1.05. The van der Waals surface area contributed by atoms with Crippen LogP contribution >= 0.6 is 23.5 Å². The Labute approximate surface area is 97.3 Å². The van der Waals surface area contributed by atoms with E-state index in [2.05, 4.69) is 6.08 Å². The van der Waals surface area contributed by atoms with E-state index in [1.165, 1.54) is 11.8 Å². The van der Waals surface area contributed by atoms with E-state index in [4.69, 9.17) is 10.00 Å². The predicted octanol–water partition coefficient (Wildman–Crippen LogP) is 3.32. The molecular formula is C11H9NOS2. The van der Waals surface area contributed by atoms with Gasteiger partial charge in [0.1, 0.15) is 11.2 Å². The zero-order valence-corrected chi connectivity index (χ0v) is 9.55. The van der Waals surface area contributed by atoms with Crippen molar-refractivity contribution in [3.63, 3.8) is 0 Å². The molecule has 0 saturated heterocycles. The molecule has 0 amide bonds. The second kappa shape index (κ2) is 5.15. The Bertz CT molecular complexity index is 411. The molecule has 0 saturated carbocycles. The van der Waals surface area contributed by atoms with E-state index in [0.717, 1.165) is 16.4 Å². The molecule has 4 heteroatoms. The van der Waals surface area contributed by atoms with Gasteiger partial charge in [0.25, 0.3) is 0 Å². The largest absolute Gasteiger partial charge is 0.475 e. The minimum atomic E-state index is 0.0285. The number of fused-ring (bicyclic) bond motifs is 1. The third-order valence-corrected chi connectivity index (χ3v) is 3.68. The average Bonchev–Trinajstić information content (AvgIpc) is 2.29. The highest BCUT2D eigenvalue weighted by atomic mass is 32.2. The molecule has 1 aromatic rings. The van der Waals surface area contributed by atoms with E-state index < -0.39 is 0 Å². The number of hydrogen-bond donors (Lipinski definition) is 0.